The van der Waals surface area contributed by atoms with Gasteiger partial charge in [0.05, 0.1) is 5.69 Å². The molecule has 0 fully saturated rings. The van der Waals surface area contributed by atoms with E-state index in [1.165, 1.54) is 16.8 Å². The molecule has 106 valence electrons. The number of hydrogen-bond donors (Lipinski definition) is 1. The number of halogens is 1. The molecular formula is C17H21BrN2. The third kappa shape index (κ3) is 4.09. The lowest BCUT2D eigenvalue weighted by Gasteiger charge is -2.21. The van der Waals surface area contributed by atoms with Crippen molar-refractivity contribution in [2.45, 2.75) is 25.9 Å². The quantitative estimate of drug-likeness (QED) is 0.897. The summed E-state index contributed by atoms with van der Waals surface area (Å²) in [4.78, 5) is 2.25. The predicted molar refractivity (Wildman–Crippen MR) is 90.0 cm³/mol. The van der Waals surface area contributed by atoms with Gasteiger partial charge in [-0.05, 0) is 52.5 Å². The van der Waals surface area contributed by atoms with Crippen LogP contribution in [0, 0.1) is 0 Å². The molecule has 2 aromatic carbocycles. The van der Waals surface area contributed by atoms with Gasteiger partial charge in [-0.1, -0.05) is 36.4 Å². The van der Waals surface area contributed by atoms with Crippen LogP contribution in [0.4, 0.5) is 5.69 Å². The SMILES string of the molecule is CC(N)Cc1ccc(N(C)Cc2ccccc2)c(Br)c1. The zero-order valence-electron chi connectivity index (χ0n) is 12.0. The Morgan fingerprint density at radius 1 is 1.10 bits per heavy atom. The van der Waals surface area contributed by atoms with Gasteiger partial charge in [0.15, 0.2) is 0 Å². The topological polar surface area (TPSA) is 29.3 Å². The molecule has 0 spiro atoms. The van der Waals surface area contributed by atoms with E-state index >= 15 is 0 Å². The lowest BCUT2D eigenvalue weighted by molar-refractivity contribution is 0.737. The molecule has 0 bridgehead atoms. The summed E-state index contributed by atoms with van der Waals surface area (Å²) in [6.07, 6.45) is 0.904. The molecule has 20 heavy (non-hydrogen) atoms. The Labute approximate surface area is 129 Å². The zero-order chi connectivity index (χ0) is 14.5. The van der Waals surface area contributed by atoms with E-state index < -0.39 is 0 Å². The van der Waals surface area contributed by atoms with Crippen molar-refractivity contribution in [3.63, 3.8) is 0 Å². The van der Waals surface area contributed by atoms with Crippen molar-refractivity contribution < 1.29 is 0 Å². The van der Waals surface area contributed by atoms with Crippen molar-refractivity contribution in [3.05, 3.63) is 64.1 Å². The van der Waals surface area contributed by atoms with Gasteiger partial charge >= 0.3 is 0 Å². The fourth-order valence-electron chi connectivity index (χ4n) is 2.30. The first-order valence-electron chi connectivity index (χ1n) is 6.85. The van der Waals surface area contributed by atoms with Crippen molar-refractivity contribution in [1.82, 2.24) is 0 Å². The van der Waals surface area contributed by atoms with Crippen LogP contribution in [0.5, 0.6) is 0 Å². The van der Waals surface area contributed by atoms with Crippen molar-refractivity contribution in [3.8, 4) is 0 Å². The number of hydrogen-bond acceptors (Lipinski definition) is 2. The molecule has 0 saturated carbocycles. The number of anilines is 1. The van der Waals surface area contributed by atoms with Crippen LogP contribution in [-0.4, -0.2) is 13.1 Å². The highest BCUT2D eigenvalue weighted by atomic mass is 79.9. The molecule has 1 atom stereocenters. The highest BCUT2D eigenvalue weighted by Crippen LogP contribution is 2.28. The molecule has 2 aromatic rings. The van der Waals surface area contributed by atoms with Crippen molar-refractivity contribution in [2.24, 2.45) is 5.73 Å². The molecule has 3 heteroatoms. The van der Waals surface area contributed by atoms with E-state index in [1.807, 2.05) is 13.0 Å². The third-order valence-electron chi connectivity index (χ3n) is 3.24. The summed E-state index contributed by atoms with van der Waals surface area (Å²) >= 11 is 3.67. The highest BCUT2D eigenvalue weighted by Gasteiger charge is 2.08. The first-order chi connectivity index (χ1) is 9.56. The summed E-state index contributed by atoms with van der Waals surface area (Å²) < 4.78 is 1.12. The van der Waals surface area contributed by atoms with E-state index in [1.54, 1.807) is 0 Å². The number of rotatable bonds is 5. The summed E-state index contributed by atoms with van der Waals surface area (Å²) in [7, 11) is 2.11. The molecule has 2 rings (SSSR count). The Kier molecular flexibility index (Phi) is 5.21. The second kappa shape index (κ2) is 6.91. The van der Waals surface area contributed by atoms with Gasteiger partial charge in [-0.15, -0.1) is 0 Å². The highest BCUT2D eigenvalue weighted by molar-refractivity contribution is 9.10. The monoisotopic (exact) mass is 332 g/mol. The van der Waals surface area contributed by atoms with Crippen LogP contribution in [-0.2, 0) is 13.0 Å². The first kappa shape index (κ1) is 15.1. The summed E-state index contributed by atoms with van der Waals surface area (Å²) in [6.45, 7) is 2.93. The van der Waals surface area contributed by atoms with Gasteiger partial charge in [0.1, 0.15) is 0 Å². The van der Waals surface area contributed by atoms with Gasteiger partial charge in [-0.2, -0.15) is 0 Å². The lowest BCUT2D eigenvalue weighted by atomic mass is 10.1. The summed E-state index contributed by atoms with van der Waals surface area (Å²) in [6, 6.07) is 17.2. The van der Waals surface area contributed by atoms with E-state index in [2.05, 4.69) is 70.3 Å². The molecule has 0 aliphatic heterocycles. The van der Waals surface area contributed by atoms with Crippen LogP contribution < -0.4 is 10.6 Å². The van der Waals surface area contributed by atoms with Crippen molar-refractivity contribution in [1.29, 1.82) is 0 Å². The van der Waals surface area contributed by atoms with Crippen molar-refractivity contribution >= 4 is 21.6 Å². The Hall–Kier alpha value is -1.32. The molecule has 1 unspecified atom stereocenters. The van der Waals surface area contributed by atoms with Gasteiger partial charge in [0.2, 0.25) is 0 Å². The minimum atomic E-state index is 0.190. The van der Waals surface area contributed by atoms with E-state index in [-0.39, 0.29) is 6.04 Å². The second-order valence-electron chi connectivity index (χ2n) is 5.31. The summed E-state index contributed by atoms with van der Waals surface area (Å²) in [5, 5.41) is 0. The van der Waals surface area contributed by atoms with Gasteiger partial charge in [-0.3, -0.25) is 0 Å². The molecule has 0 aliphatic rings. The van der Waals surface area contributed by atoms with Crippen LogP contribution in [0.25, 0.3) is 0 Å². The van der Waals surface area contributed by atoms with E-state index in [9.17, 15) is 0 Å². The molecule has 0 heterocycles. The van der Waals surface area contributed by atoms with Crippen LogP contribution in [0.3, 0.4) is 0 Å². The first-order valence-corrected chi connectivity index (χ1v) is 7.64. The summed E-state index contributed by atoms with van der Waals surface area (Å²) in [5.74, 6) is 0. The summed E-state index contributed by atoms with van der Waals surface area (Å²) in [5.41, 5.74) is 9.62. The average molecular weight is 333 g/mol. The molecule has 2 nitrogen and oxygen atoms in total. The molecule has 0 radical (unpaired) electrons. The maximum atomic E-state index is 5.85. The normalized spacial score (nSPS) is 12.2. The van der Waals surface area contributed by atoms with Gasteiger partial charge in [-0.25, -0.2) is 0 Å². The van der Waals surface area contributed by atoms with E-state index in [0.29, 0.717) is 0 Å². The van der Waals surface area contributed by atoms with Crippen LogP contribution in [0.15, 0.2) is 53.0 Å². The molecule has 0 aromatic heterocycles. The van der Waals surface area contributed by atoms with Crippen molar-refractivity contribution in [2.75, 3.05) is 11.9 Å². The zero-order valence-corrected chi connectivity index (χ0v) is 13.6. The fourth-order valence-corrected chi connectivity index (χ4v) is 3.03. The number of benzene rings is 2. The van der Waals surface area contributed by atoms with Crippen LogP contribution >= 0.6 is 15.9 Å². The Morgan fingerprint density at radius 3 is 2.40 bits per heavy atom. The average Bonchev–Trinajstić information content (AvgIpc) is 2.39. The number of nitrogens with zero attached hydrogens (tertiary/aromatic N) is 1. The molecule has 0 aliphatic carbocycles. The Balaban J connectivity index is 2.12. The van der Waals surface area contributed by atoms with Gasteiger partial charge < -0.3 is 10.6 Å². The second-order valence-corrected chi connectivity index (χ2v) is 6.16. The smallest absolute Gasteiger partial charge is 0.0511 e. The predicted octanol–water partition coefficient (Wildman–Crippen LogP) is 3.98. The fraction of sp³-hybridized carbons (Fsp3) is 0.294. The lowest BCUT2D eigenvalue weighted by Crippen LogP contribution is -2.19. The minimum absolute atomic E-state index is 0.190. The van der Waals surface area contributed by atoms with E-state index in [0.717, 1.165) is 17.4 Å². The minimum Gasteiger partial charge on any atom is -0.369 e. The maximum Gasteiger partial charge on any atom is 0.0511 e. The maximum absolute atomic E-state index is 5.85. The standard InChI is InChI=1S/C17H21BrN2/c1-13(19)10-15-8-9-17(16(18)11-15)20(2)12-14-6-4-3-5-7-14/h3-9,11,13H,10,12,19H2,1-2H3. The third-order valence-corrected chi connectivity index (χ3v) is 3.88. The Bertz CT molecular complexity index is 552. The molecule has 0 saturated heterocycles. The largest absolute Gasteiger partial charge is 0.369 e. The van der Waals surface area contributed by atoms with Gasteiger partial charge in [0, 0.05) is 24.1 Å². The van der Waals surface area contributed by atoms with Crippen LogP contribution in [0.1, 0.15) is 18.1 Å². The number of nitrogens with two attached hydrogens (primary N) is 1. The molecule has 0 amide bonds. The van der Waals surface area contributed by atoms with Crippen LogP contribution in [0.2, 0.25) is 0 Å². The molecular weight excluding hydrogens is 312 g/mol. The molecule has 2 N–H and O–H groups in total. The van der Waals surface area contributed by atoms with E-state index in [4.69, 9.17) is 5.73 Å². The Morgan fingerprint density at radius 2 is 1.80 bits per heavy atom. The van der Waals surface area contributed by atoms with Gasteiger partial charge in [0.25, 0.3) is 0 Å².